The third-order valence-corrected chi connectivity index (χ3v) is 6.98. The summed E-state index contributed by atoms with van der Waals surface area (Å²) in [5.41, 5.74) is 2.25. The van der Waals surface area contributed by atoms with Gasteiger partial charge >= 0.3 is 0 Å². The molecule has 0 aliphatic rings. The molecule has 158 valence electrons. The zero-order valence-corrected chi connectivity index (χ0v) is 18.4. The zero-order valence-electron chi connectivity index (χ0n) is 16.7. The summed E-state index contributed by atoms with van der Waals surface area (Å²) in [6, 6.07) is 14.1. The van der Waals surface area contributed by atoms with Crippen LogP contribution in [0.25, 0.3) is 0 Å². The lowest BCUT2D eigenvalue weighted by Gasteiger charge is -2.15. The number of benzene rings is 2. The SMILES string of the molecule is Cc1ccccc1OCC(C)NS(=O)(=O)c1nnc(NC(=O)c2ccccc2C)s1. The van der Waals surface area contributed by atoms with E-state index in [0.29, 0.717) is 11.3 Å². The fourth-order valence-corrected chi connectivity index (χ4v) is 4.78. The third kappa shape index (κ3) is 5.41. The highest BCUT2D eigenvalue weighted by molar-refractivity contribution is 7.91. The molecule has 10 heteroatoms. The van der Waals surface area contributed by atoms with E-state index >= 15 is 0 Å². The first kappa shape index (κ1) is 21.9. The van der Waals surface area contributed by atoms with Gasteiger partial charge in [-0.1, -0.05) is 47.7 Å². The predicted molar refractivity (Wildman–Crippen MR) is 115 cm³/mol. The van der Waals surface area contributed by atoms with Crippen LogP contribution in [-0.4, -0.2) is 37.2 Å². The van der Waals surface area contributed by atoms with Crippen molar-refractivity contribution in [2.75, 3.05) is 11.9 Å². The summed E-state index contributed by atoms with van der Waals surface area (Å²) in [4.78, 5) is 12.4. The summed E-state index contributed by atoms with van der Waals surface area (Å²) >= 11 is 0.782. The third-order valence-electron chi connectivity index (χ3n) is 4.19. The molecule has 3 aromatic rings. The minimum absolute atomic E-state index is 0.104. The number of carbonyl (C=O) groups excluding carboxylic acids is 1. The highest BCUT2D eigenvalue weighted by Crippen LogP contribution is 2.21. The smallest absolute Gasteiger partial charge is 0.270 e. The van der Waals surface area contributed by atoms with Crippen molar-refractivity contribution in [3.05, 3.63) is 65.2 Å². The molecule has 0 saturated heterocycles. The van der Waals surface area contributed by atoms with Crippen molar-refractivity contribution in [1.82, 2.24) is 14.9 Å². The summed E-state index contributed by atoms with van der Waals surface area (Å²) in [5, 5.41) is 10.2. The second kappa shape index (κ2) is 9.33. The van der Waals surface area contributed by atoms with Crippen LogP contribution in [0.1, 0.15) is 28.4 Å². The van der Waals surface area contributed by atoms with Crippen LogP contribution in [0.15, 0.2) is 52.9 Å². The minimum atomic E-state index is -3.90. The van der Waals surface area contributed by atoms with E-state index in [2.05, 4.69) is 20.2 Å². The largest absolute Gasteiger partial charge is 0.492 e. The van der Waals surface area contributed by atoms with Gasteiger partial charge in [0, 0.05) is 5.56 Å². The summed E-state index contributed by atoms with van der Waals surface area (Å²) in [5.74, 6) is 0.321. The van der Waals surface area contributed by atoms with Crippen LogP contribution in [-0.2, 0) is 10.0 Å². The van der Waals surface area contributed by atoms with Crippen molar-refractivity contribution in [2.24, 2.45) is 0 Å². The van der Waals surface area contributed by atoms with Gasteiger partial charge in [-0.2, -0.15) is 0 Å². The quantitative estimate of drug-likeness (QED) is 0.514. The Morgan fingerprint density at radius 2 is 1.73 bits per heavy atom. The summed E-state index contributed by atoms with van der Waals surface area (Å²) in [6.07, 6.45) is 0. The number of aromatic nitrogens is 2. The first-order valence-electron chi connectivity index (χ1n) is 9.17. The van der Waals surface area contributed by atoms with Crippen LogP contribution in [0.2, 0.25) is 0 Å². The maximum Gasteiger partial charge on any atom is 0.270 e. The molecule has 0 radical (unpaired) electrons. The molecule has 0 aliphatic carbocycles. The fraction of sp³-hybridized carbons (Fsp3) is 0.250. The zero-order chi connectivity index (χ0) is 21.7. The Bertz CT molecular complexity index is 1140. The first-order valence-corrected chi connectivity index (χ1v) is 11.5. The van der Waals surface area contributed by atoms with E-state index in [-0.39, 0.29) is 22.0 Å². The lowest BCUT2D eigenvalue weighted by Crippen LogP contribution is -2.36. The van der Waals surface area contributed by atoms with Crippen molar-refractivity contribution in [3.8, 4) is 5.75 Å². The Balaban J connectivity index is 1.61. The molecule has 1 heterocycles. The molecule has 1 unspecified atom stereocenters. The Hall–Kier alpha value is -2.82. The van der Waals surface area contributed by atoms with Gasteiger partial charge in [-0.15, -0.1) is 10.2 Å². The Morgan fingerprint density at radius 3 is 2.43 bits per heavy atom. The maximum absolute atomic E-state index is 12.6. The second-order valence-corrected chi connectivity index (χ2v) is 9.61. The van der Waals surface area contributed by atoms with Gasteiger partial charge in [-0.25, -0.2) is 13.1 Å². The summed E-state index contributed by atoms with van der Waals surface area (Å²) in [6.45, 7) is 5.57. The van der Waals surface area contributed by atoms with Crippen LogP contribution < -0.4 is 14.8 Å². The number of carbonyl (C=O) groups is 1. The number of hydrogen-bond acceptors (Lipinski definition) is 7. The Kier molecular flexibility index (Phi) is 6.80. The molecule has 0 bridgehead atoms. The van der Waals surface area contributed by atoms with Gasteiger partial charge in [-0.05, 0) is 44.0 Å². The van der Waals surface area contributed by atoms with E-state index in [9.17, 15) is 13.2 Å². The number of amides is 1. The fourth-order valence-electron chi connectivity index (χ4n) is 2.64. The number of sulfonamides is 1. The van der Waals surface area contributed by atoms with Crippen molar-refractivity contribution in [3.63, 3.8) is 0 Å². The molecular weight excluding hydrogens is 424 g/mol. The average molecular weight is 447 g/mol. The van der Waals surface area contributed by atoms with E-state index in [1.165, 1.54) is 0 Å². The molecule has 0 aliphatic heterocycles. The van der Waals surface area contributed by atoms with Crippen molar-refractivity contribution in [2.45, 2.75) is 31.2 Å². The number of nitrogens with one attached hydrogen (secondary N) is 2. The van der Waals surface area contributed by atoms with Gasteiger partial charge in [0.05, 0.1) is 6.04 Å². The van der Waals surface area contributed by atoms with Gasteiger partial charge < -0.3 is 4.74 Å². The molecule has 1 atom stereocenters. The Morgan fingerprint density at radius 1 is 1.07 bits per heavy atom. The van der Waals surface area contributed by atoms with Crippen LogP contribution in [0, 0.1) is 13.8 Å². The highest BCUT2D eigenvalue weighted by Gasteiger charge is 2.23. The molecule has 30 heavy (non-hydrogen) atoms. The van der Waals surface area contributed by atoms with E-state index < -0.39 is 16.1 Å². The second-order valence-electron chi connectivity index (χ2n) is 6.74. The van der Waals surface area contributed by atoms with Crippen LogP contribution in [0.5, 0.6) is 5.75 Å². The minimum Gasteiger partial charge on any atom is -0.492 e. The van der Waals surface area contributed by atoms with Gasteiger partial charge in [0.25, 0.3) is 15.9 Å². The lowest BCUT2D eigenvalue weighted by molar-refractivity contribution is 0.102. The van der Waals surface area contributed by atoms with Gasteiger partial charge in [0.1, 0.15) is 12.4 Å². The summed E-state index contributed by atoms with van der Waals surface area (Å²) in [7, 11) is -3.90. The molecular formula is C20H22N4O4S2. The summed E-state index contributed by atoms with van der Waals surface area (Å²) < 4.78 is 33.1. The standard InChI is InChI=1S/C20H22N4O4S2/c1-13-8-4-6-10-16(13)18(25)21-19-22-23-20(29-19)30(26,27)24-15(3)12-28-17-11-7-5-9-14(17)2/h4-11,15,24H,12H2,1-3H3,(H,21,22,25). The average Bonchev–Trinajstić information content (AvgIpc) is 3.17. The van der Waals surface area contributed by atoms with Gasteiger partial charge in [0.2, 0.25) is 9.47 Å². The first-order chi connectivity index (χ1) is 14.3. The van der Waals surface area contributed by atoms with Crippen LogP contribution in [0.4, 0.5) is 5.13 Å². The van der Waals surface area contributed by atoms with E-state index in [1.54, 1.807) is 19.1 Å². The predicted octanol–water partition coefficient (Wildman–Crippen LogP) is 3.15. The van der Waals surface area contributed by atoms with Crippen molar-refractivity contribution < 1.29 is 17.9 Å². The molecule has 2 N–H and O–H groups in total. The molecule has 0 fully saturated rings. The number of rotatable bonds is 8. The highest BCUT2D eigenvalue weighted by atomic mass is 32.2. The number of anilines is 1. The molecule has 0 spiro atoms. The topological polar surface area (TPSA) is 110 Å². The maximum atomic E-state index is 12.6. The van der Waals surface area contributed by atoms with Crippen molar-refractivity contribution in [1.29, 1.82) is 0 Å². The lowest BCUT2D eigenvalue weighted by atomic mass is 10.1. The van der Waals surface area contributed by atoms with Crippen LogP contribution >= 0.6 is 11.3 Å². The monoisotopic (exact) mass is 446 g/mol. The van der Waals surface area contributed by atoms with E-state index in [0.717, 1.165) is 22.5 Å². The molecule has 8 nitrogen and oxygen atoms in total. The number of aryl methyl sites for hydroxylation is 2. The molecule has 1 aromatic heterocycles. The number of ether oxygens (including phenoxy) is 1. The van der Waals surface area contributed by atoms with E-state index in [4.69, 9.17) is 4.74 Å². The van der Waals surface area contributed by atoms with Crippen molar-refractivity contribution >= 4 is 32.4 Å². The number of nitrogens with zero attached hydrogens (tertiary/aromatic N) is 2. The van der Waals surface area contributed by atoms with E-state index in [1.807, 2.05) is 50.2 Å². The molecule has 2 aromatic carbocycles. The van der Waals surface area contributed by atoms with Gasteiger partial charge in [-0.3, -0.25) is 10.1 Å². The Labute approximate surface area is 179 Å². The molecule has 0 saturated carbocycles. The molecule has 1 amide bonds. The number of para-hydroxylation sites is 1. The normalized spacial score (nSPS) is 12.4. The number of hydrogen-bond donors (Lipinski definition) is 2. The van der Waals surface area contributed by atoms with Crippen LogP contribution in [0.3, 0.4) is 0 Å². The molecule has 3 rings (SSSR count). The van der Waals surface area contributed by atoms with Gasteiger partial charge in [0.15, 0.2) is 0 Å².